The molecule has 288 valence electrons. The number of anilines is 2. The van der Waals surface area contributed by atoms with E-state index < -0.39 is 46.8 Å². The first-order valence-electron chi connectivity index (χ1n) is 19.4. The highest BCUT2D eigenvalue weighted by Gasteiger charge is 2.70. The summed E-state index contributed by atoms with van der Waals surface area (Å²) < 4.78 is 11.6. The van der Waals surface area contributed by atoms with Gasteiger partial charge < -0.3 is 14.3 Å². The second-order valence-electron chi connectivity index (χ2n) is 15.6. The highest BCUT2D eigenvalue weighted by molar-refractivity contribution is 6.22. The summed E-state index contributed by atoms with van der Waals surface area (Å²) in [4.78, 5) is 65.3. The predicted molar refractivity (Wildman–Crippen MR) is 215 cm³/mol. The molecule has 3 heterocycles. The van der Waals surface area contributed by atoms with Crippen molar-refractivity contribution in [3.63, 3.8) is 0 Å². The van der Waals surface area contributed by atoms with Crippen molar-refractivity contribution in [2.75, 3.05) is 17.4 Å². The van der Waals surface area contributed by atoms with E-state index in [2.05, 4.69) is 10.4 Å². The standard InChI is InChI=1S/C47H38N4O7/c1-26-12-16-29(17-13-26)49-51-44(54)36-25-34-32(41(35-24-31(57-2)20-23-38(35)52)47(36,46(51)56)28-8-4-3-5-9-28)21-22-33-40(34)45(55)50(43(33)53)30-18-14-27(15-19-30)42-48-37-10-6-7-11-39(37)58-42/h3-21,23-24,33-34,36,40-41,49,52H,22,25H2,1-2H3/t33-,34+,36-,40-,41+,47+/m0/s1. The Labute approximate surface area is 333 Å². The number of allylic oxidation sites excluding steroid dienone is 2. The number of benzene rings is 5. The zero-order chi connectivity index (χ0) is 39.9. The van der Waals surface area contributed by atoms with Gasteiger partial charge in [-0.1, -0.05) is 71.8 Å². The van der Waals surface area contributed by atoms with Crippen molar-refractivity contribution in [2.24, 2.45) is 23.7 Å². The van der Waals surface area contributed by atoms with Crippen LogP contribution in [0.2, 0.25) is 0 Å². The highest BCUT2D eigenvalue weighted by atomic mass is 16.5. The number of nitrogens with one attached hydrogen (secondary N) is 1. The molecule has 58 heavy (non-hydrogen) atoms. The number of carbonyl (C=O) groups excluding carboxylic acids is 4. The van der Waals surface area contributed by atoms with E-state index in [1.807, 2.05) is 91.9 Å². The van der Waals surface area contributed by atoms with Gasteiger partial charge in [0.25, 0.3) is 11.8 Å². The average Bonchev–Trinajstić information content (AvgIpc) is 3.87. The Bertz CT molecular complexity index is 2660. The van der Waals surface area contributed by atoms with Gasteiger partial charge in [-0.25, -0.2) is 4.98 Å². The van der Waals surface area contributed by atoms with Gasteiger partial charge >= 0.3 is 0 Å². The van der Waals surface area contributed by atoms with Crippen LogP contribution in [-0.4, -0.2) is 45.8 Å². The van der Waals surface area contributed by atoms with E-state index in [9.17, 15) is 19.5 Å². The Morgan fingerprint density at radius 2 is 1.57 bits per heavy atom. The first-order valence-corrected chi connectivity index (χ1v) is 19.4. The molecule has 2 saturated heterocycles. The third-order valence-electron chi connectivity index (χ3n) is 12.6. The molecule has 0 bridgehead atoms. The van der Waals surface area contributed by atoms with Crippen LogP contribution in [0, 0.1) is 30.6 Å². The fourth-order valence-corrected chi connectivity index (χ4v) is 9.99. The van der Waals surface area contributed by atoms with Crippen molar-refractivity contribution in [2.45, 2.75) is 31.1 Å². The molecule has 2 aliphatic carbocycles. The molecule has 11 heteroatoms. The van der Waals surface area contributed by atoms with Crippen molar-refractivity contribution in [3.8, 4) is 23.0 Å². The molecule has 6 aromatic rings. The Hall–Kier alpha value is -7.01. The van der Waals surface area contributed by atoms with E-state index in [0.29, 0.717) is 45.3 Å². The number of aryl methyl sites for hydroxylation is 1. The number of oxazole rings is 1. The number of hydrogen-bond donors (Lipinski definition) is 2. The molecule has 1 aromatic heterocycles. The molecule has 4 amide bonds. The van der Waals surface area contributed by atoms with Gasteiger partial charge in [0.2, 0.25) is 17.7 Å². The highest BCUT2D eigenvalue weighted by Crippen LogP contribution is 2.65. The molecule has 1 saturated carbocycles. The molecule has 0 spiro atoms. The number of amides is 4. The minimum Gasteiger partial charge on any atom is -0.508 e. The van der Waals surface area contributed by atoms with Gasteiger partial charge in [0.05, 0.1) is 41.7 Å². The van der Waals surface area contributed by atoms with Crippen LogP contribution in [0.4, 0.5) is 11.4 Å². The number of hydrogen-bond acceptors (Lipinski definition) is 9. The first kappa shape index (κ1) is 35.4. The summed E-state index contributed by atoms with van der Waals surface area (Å²) in [5, 5.41) is 12.8. The van der Waals surface area contributed by atoms with Gasteiger partial charge in [-0.15, -0.1) is 0 Å². The average molecular weight is 771 g/mol. The summed E-state index contributed by atoms with van der Waals surface area (Å²) in [6, 6.07) is 35.9. The fraction of sp³-hybridized carbons (Fsp3) is 0.213. The minimum atomic E-state index is -1.53. The molecule has 5 aromatic carbocycles. The van der Waals surface area contributed by atoms with Gasteiger partial charge in [0.1, 0.15) is 17.0 Å². The molecule has 0 unspecified atom stereocenters. The van der Waals surface area contributed by atoms with Crippen molar-refractivity contribution in [1.29, 1.82) is 0 Å². The number of phenolic OH excluding ortho intramolecular Hbond substituents is 1. The maximum absolute atomic E-state index is 15.4. The lowest BCUT2D eigenvalue weighted by atomic mass is 9.49. The fourth-order valence-electron chi connectivity index (χ4n) is 9.99. The number of fused-ring (bicyclic) bond motifs is 5. The van der Waals surface area contributed by atoms with E-state index >= 15 is 4.79 Å². The molecule has 11 nitrogen and oxygen atoms in total. The van der Waals surface area contributed by atoms with Crippen LogP contribution in [0.1, 0.15) is 35.4 Å². The largest absolute Gasteiger partial charge is 0.508 e. The Morgan fingerprint density at radius 1 is 0.828 bits per heavy atom. The zero-order valence-corrected chi connectivity index (χ0v) is 31.7. The number of aromatic hydroxyl groups is 1. The van der Waals surface area contributed by atoms with Crippen molar-refractivity contribution in [3.05, 3.63) is 150 Å². The third kappa shape index (κ3) is 5.15. The number of imide groups is 2. The normalized spacial score (nSPS) is 25.1. The van der Waals surface area contributed by atoms with Crippen molar-refractivity contribution < 1.29 is 33.4 Å². The minimum absolute atomic E-state index is 0.0804. The number of aromatic nitrogens is 1. The molecule has 10 rings (SSSR count). The number of carbonyl (C=O) groups is 4. The van der Waals surface area contributed by atoms with Gasteiger partial charge in [-0.3, -0.25) is 29.5 Å². The summed E-state index contributed by atoms with van der Waals surface area (Å²) in [6.07, 6.45) is 2.33. The SMILES string of the molecule is COc1ccc(O)c([C@H]2C3=CC[C@@H]4C(=O)N(c5ccc(-c6nc7ccccc7o6)cc5)C(=O)[C@@H]4[C@@H]3C[C@H]3C(=O)N(Nc4ccc(C)cc4)C(=O)[C@@]23c2ccccc2)c1. The number of ether oxygens (including phenoxy) is 1. The van der Waals surface area contributed by atoms with E-state index in [-0.39, 0.29) is 30.4 Å². The number of para-hydroxylation sites is 2. The molecule has 2 aliphatic heterocycles. The summed E-state index contributed by atoms with van der Waals surface area (Å²) in [7, 11) is 1.52. The number of rotatable bonds is 7. The van der Waals surface area contributed by atoms with Crippen LogP contribution >= 0.6 is 0 Å². The number of nitrogens with zero attached hydrogens (tertiary/aromatic N) is 3. The van der Waals surface area contributed by atoms with E-state index in [0.717, 1.165) is 21.7 Å². The zero-order valence-electron chi connectivity index (χ0n) is 31.7. The maximum Gasteiger partial charge on any atom is 0.260 e. The number of hydrazine groups is 1. The maximum atomic E-state index is 15.4. The molecule has 4 aliphatic rings. The predicted octanol–water partition coefficient (Wildman–Crippen LogP) is 7.71. The molecule has 0 radical (unpaired) electrons. The molecule has 6 atom stereocenters. The summed E-state index contributed by atoms with van der Waals surface area (Å²) in [5.74, 6) is -4.79. The van der Waals surface area contributed by atoms with Crippen LogP contribution < -0.4 is 15.1 Å². The smallest absolute Gasteiger partial charge is 0.260 e. The van der Waals surface area contributed by atoms with Gasteiger partial charge in [0.15, 0.2) is 5.58 Å². The van der Waals surface area contributed by atoms with Gasteiger partial charge in [-0.05, 0) is 98.0 Å². The quantitative estimate of drug-likeness (QED) is 0.123. The third-order valence-corrected chi connectivity index (χ3v) is 12.6. The van der Waals surface area contributed by atoms with Gasteiger partial charge in [-0.2, -0.15) is 5.01 Å². The molecular weight excluding hydrogens is 733 g/mol. The van der Waals surface area contributed by atoms with Crippen LogP contribution in [0.25, 0.3) is 22.6 Å². The molecular formula is C47H38N4O7. The van der Waals surface area contributed by atoms with Crippen molar-refractivity contribution >= 4 is 46.1 Å². The topological polar surface area (TPSA) is 142 Å². The van der Waals surface area contributed by atoms with E-state index in [1.165, 1.54) is 18.1 Å². The van der Waals surface area contributed by atoms with Crippen LogP contribution in [-0.2, 0) is 24.6 Å². The lowest BCUT2D eigenvalue weighted by Crippen LogP contribution is -2.53. The lowest BCUT2D eigenvalue weighted by molar-refractivity contribution is -0.138. The number of methoxy groups -OCH3 is 1. The second-order valence-corrected chi connectivity index (χ2v) is 15.6. The van der Waals surface area contributed by atoms with Crippen LogP contribution in [0.5, 0.6) is 11.5 Å². The monoisotopic (exact) mass is 770 g/mol. The number of phenols is 1. The molecule has 2 N–H and O–H groups in total. The summed E-state index contributed by atoms with van der Waals surface area (Å²) >= 11 is 0. The summed E-state index contributed by atoms with van der Waals surface area (Å²) in [6.45, 7) is 1.95. The molecule has 3 fully saturated rings. The Balaban J connectivity index is 1.08. The Morgan fingerprint density at radius 3 is 2.31 bits per heavy atom. The first-order chi connectivity index (χ1) is 28.2. The van der Waals surface area contributed by atoms with Gasteiger partial charge in [0, 0.05) is 17.0 Å². The van der Waals surface area contributed by atoms with E-state index in [4.69, 9.17) is 9.15 Å². The second kappa shape index (κ2) is 13.3. The van der Waals surface area contributed by atoms with E-state index in [1.54, 1.807) is 36.4 Å². The van der Waals surface area contributed by atoms with Crippen LogP contribution in [0.3, 0.4) is 0 Å². The lowest BCUT2D eigenvalue weighted by Gasteiger charge is -2.50. The van der Waals surface area contributed by atoms with Crippen molar-refractivity contribution in [1.82, 2.24) is 9.99 Å². The Kier molecular flexibility index (Phi) is 8.12. The summed E-state index contributed by atoms with van der Waals surface area (Å²) in [5.41, 5.74) is 7.38. The van der Waals surface area contributed by atoms with Crippen LogP contribution in [0.15, 0.2) is 137 Å².